The van der Waals surface area contributed by atoms with E-state index in [1.54, 1.807) is 25.1 Å². The summed E-state index contributed by atoms with van der Waals surface area (Å²) in [4.78, 5) is 0.152. The van der Waals surface area contributed by atoms with Crippen LogP contribution in [0.4, 0.5) is 0 Å². The molecule has 0 saturated heterocycles. The van der Waals surface area contributed by atoms with Crippen molar-refractivity contribution >= 4 is 10.0 Å². The molecule has 0 amide bonds. The molecule has 0 saturated carbocycles. The van der Waals surface area contributed by atoms with Gasteiger partial charge in [-0.2, -0.15) is 17.6 Å². The van der Waals surface area contributed by atoms with Gasteiger partial charge in [-0.3, -0.25) is 0 Å². The van der Waals surface area contributed by atoms with Crippen molar-refractivity contribution in [2.24, 2.45) is 0 Å². The fourth-order valence-electron chi connectivity index (χ4n) is 1.99. The van der Waals surface area contributed by atoms with Gasteiger partial charge in [-0.25, -0.2) is 0 Å². The Kier molecular flexibility index (Phi) is 4.37. The summed E-state index contributed by atoms with van der Waals surface area (Å²) < 4.78 is 31.9. The molecule has 1 heterocycles. The molecule has 21 heavy (non-hydrogen) atoms. The zero-order valence-corrected chi connectivity index (χ0v) is 13.5. The van der Waals surface area contributed by atoms with Gasteiger partial charge in [0.15, 0.2) is 0 Å². The quantitative estimate of drug-likeness (QED) is 0.852. The van der Waals surface area contributed by atoms with Gasteiger partial charge in [0, 0.05) is 6.20 Å². The molecule has 6 heteroatoms. The molecule has 0 unspecified atom stereocenters. The molecule has 0 aliphatic heterocycles. The second-order valence-corrected chi connectivity index (χ2v) is 6.89. The molecule has 114 valence electrons. The number of ether oxygens (including phenoxy) is 1. The highest BCUT2D eigenvalue weighted by atomic mass is 32.2. The third-order valence-corrected chi connectivity index (χ3v) is 4.73. The molecule has 0 spiro atoms. The Morgan fingerprint density at radius 3 is 2.52 bits per heavy atom. The number of hydrogen-bond acceptors (Lipinski definition) is 4. The zero-order valence-electron chi connectivity index (χ0n) is 12.7. The van der Waals surface area contributed by atoms with Gasteiger partial charge in [-0.05, 0) is 43.5 Å². The maximum absolute atomic E-state index is 12.7. The topological polar surface area (TPSA) is 61.2 Å². The Balaban J connectivity index is 2.61. The first kappa shape index (κ1) is 15.6. The molecule has 2 rings (SSSR count). The average Bonchev–Trinajstić information content (AvgIpc) is 2.86. The van der Waals surface area contributed by atoms with Crippen LogP contribution in [0.1, 0.15) is 37.9 Å². The summed E-state index contributed by atoms with van der Waals surface area (Å²) in [6.45, 7) is 8.01. The van der Waals surface area contributed by atoms with E-state index in [-0.39, 0.29) is 10.8 Å². The first-order valence-corrected chi connectivity index (χ1v) is 8.35. The second-order valence-electron chi connectivity index (χ2n) is 5.13. The van der Waals surface area contributed by atoms with Crippen LogP contribution in [0, 0.1) is 6.92 Å². The van der Waals surface area contributed by atoms with E-state index in [9.17, 15) is 8.42 Å². The molecular weight excluding hydrogens is 288 g/mol. The fraction of sp³-hybridized carbons (Fsp3) is 0.400. The first-order chi connectivity index (χ1) is 9.86. The molecular formula is C15H20N2O3S. The Morgan fingerprint density at radius 2 is 2.00 bits per heavy atom. The molecule has 0 aliphatic carbocycles. The van der Waals surface area contributed by atoms with Gasteiger partial charge in [0.2, 0.25) is 0 Å². The van der Waals surface area contributed by atoms with Crippen molar-refractivity contribution in [3.63, 3.8) is 0 Å². The fourth-order valence-corrected chi connectivity index (χ4v) is 3.31. The molecule has 0 fully saturated rings. The first-order valence-electron chi connectivity index (χ1n) is 6.91. The van der Waals surface area contributed by atoms with Gasteiger partial charge >= 0.3 is 0 Å². The van der Waals surface area contributed by atoms with Crippen LogP contribution < -0.4 is 4.74 Å². The van der Waals surface area contributed by atoms with E-state index >= 15 is 0 Å². The number of rotatable bonds is 5. The third kappa shape index (κ3) is 3.10. The Morgan fingerprint density at radius 1 is 1.29 bits per heavy atom. The van der Waals surface area contributed by atoms with E-state index in [4.69, 9.17) is 4.74 Å². The third-order valence-electron chi connectivity index (χ3n) is 3.16. The minimum atomic E-state index is -3.75. The molecule has 1 aromatic carbocycles. The van der Waals surface area contributed by atoms with Crippen molar-refractivity contribution in [1.29, 1.82) is 0 Å². The lowest BCUT2D eigenvalue weighted by atomic mass is 10.0. The standard InChI is InChI=1S/C15H20N2O3S/c1-5-20-14-7-6-13(11(2)3)10-15(14)21(18,19)17-9-8-12(4)16-17/h6-11H,5H2,1-4H3. The number of nitrogens with zero attached hydrogens (tertiary/aromatic N) is 2. The summed E-state index contributed by atoms with van der Waals surface area (Å²) in [7, 11) is -3.75. The monoisotopic (exact) mass is 308 g/mol. The van der Waals surface area contributed by atoms with Gasteiger partial charge in [0.05, 0.1) is 12.3 Å². The second kappa shape index (κ2) is 5.89. The van der Waals surface area contributed by atoms with Crippen molar-refractivity contribution < 1.29 is 13.2 Å². The lowest BCUT2D eigenvalue weighted by Crippen LogP contribution is -2.15. The van der Waals surface area contributed by atoms with E-state index in [0.717, 1.165) is 9.65 Å². The minimum Gasteiger partial charge on any atom is -0.492 e. The van der Waals surface area contributed by atoms with Gasteiger partial charge in [-0.1, -0.05) is 19.9 Å². The Bertz CT molecular complexity index is 733. The van der Waals surface area contributed by atoms with Crippen molar-refractivity contribution in [2.75, 3.05) is 6.61 Å². The van der Waals surface area contributed by atoms with Crippen molar-refractivity contribution in [1.82, 2.24) is 9.19 Å². The minimum absolute atomic E-state index is 0.152. The molecule has 2 aromatic rings. The van der Waals surface area contributed by atoms with Gasteiger partial charge in [0.1, 0.15) is 10.6 Å². The van der Waals surface area contributed by atoms with Gasteiger partial charge in [-0.15, -0.1) is 0 Å². The van der Waals surface area contributed by atoms with E-state index in [1.807, 2.05) is 26.8 Å². The predicted molar refractivity (Wildman–Crippen MR) is 81.2 cm³/mol. The molecule has 0 radical (unpaired) electrons. The SMILES string of the molecule is CCOc1ccc(C(C)C)cc1S(=O)(=O)n1ccc(C)n1. The summed E-state index contributed by atoms with van der Waals surface area (Å²) in [5.41, 5.74) is 1.59. The van der Waals surface area contributed by atoms with Crippen molar-refractivity contribution in [3.05, 3.63) is 41.7 Å². The van der Waals surface area contributed by atoms with Crippen LogP contribution in [0.3, 0.4) is 0 Å². The highest BCUT2D eigenvalue weighted by Gasteiger charge is 2.23. The summed E-state index contributed by atoms with van der Waals surface area (Å²) in [6.07, 6.45) is 1.45. The Labute approximate surface area is 125 Å². The highest BCUT2D eigenvalue weighted by molar-refractivity contribution is 7.90. The summed E-state index contributed by atoms with van der Waals surface area (Å²) >= 11 is 0. The maximum Gasteiger partial charge on any atom is 0.286 e. The van der Waals surface area contributed by atoms with Crippen LogP contribution in [0.5, 0.6) is 5.75 Å². The van der Waals surface area contributed by atoms with Gasteiger partial charge < -0.3 is 4.74 Å². The zero-order chi connectivity index (χ0) is 15.6. The largest absolute Gasteiger partial charge is 0.492 e. The number of aromatic nitrogens is 2. The van der Waals surface area contributed by atoms with E-state index in [0.29, 0.717) is 18.1 Å². The smallest absolute Gasteiger partial charge is 0.286 e. The van der Waals surface area contributed by atoms with Crippen LogP contribution in [0.25, 0.3) is 0 Å². The van der Waals surface area contributed by atoms with Crippen molar-refractivity contribution in [3.8, 4) is 5.75 Å². The average molecular weight is 308 g/mol. The molecule has 0 atom stereocenters. The summed E-state index contributed by atoms with van der Waals surface area (Å²) in [5, 5.41) is 4.01. The summed E-state index contributed by atoms with van der Waals surface area (Å²) in [6, 6.07) is 6.93. The Hall–Kier alpha value is -1.82. The normalized spacial score (nSPS) is 11.9. The summed E-state index contributed by atoms with van der Waals surface area (Å²) in [5.74, 6) is 0.587. The van der Waals surface area contributed by atoms with E-state index in [2.05, 4.69) is 5.10 Å². The molecule has 0 N–H and O–H groups in total. The number of hydrogen-bond donors (Lipinski definition) is 0. The number of benzene rings is 1. The molecule has 0 aliphatic rings. The molecule has 5 nitrogen and oxygen atoms in total. The lowest BCUT2D eigenvalue weighted by Gasteiger charge is -2.14. The number of aryl methyl sites for hydroxylation is 1. The van der Waals surface area contributed by atoms with Crippen LogP contribution in [0.2, 0.25) is 0 Å². The maximum atomic E-state index is 12.7. The highest BCUT2D eigenvalue weighted by Crippen LogP contribution is 2.29. The van der Waals surface area contributed by atoms with Crippen LogP contribution in [0.15, 0.2) is 35.4 Å². The van der Waals surface area contributed by atoms with Crippen LogP contribution in [-0.2, 0) is 10.0 Å². The van der Waals surface area contributed by atoms with Crippen LogP contribution >= 0.6 is 0 Å². The molecule has 0 bridgehead atoms. The van der Waals surface area contributed by atoms with Crippen LogP contribution in [-0.4, -0.2) is 24.2 Å². The molecule has 1 aromatic heterocycles. The van der Waals surface area contributed by atoms with Gasteiger partial charge in [0.25, 0.3) is 10.0 Å². The predicted octanol–water partition coefficient (Wildman–Crippen LogP) is 2.95. The van der Waals surface area contributed by atoms with Crippen molar-refractivity contribution in [2.45, 2.75) is 38.5 Å². The van der Waals surface area contributed by atoms with E-state index in [1.165, 1.54) is 6.20 Å². The van der Waals surface area contributed by atoms with E-state index < -0.39 is 10.0 Å². The lowest BCUT2D eigenvalue weighted by molar-refractivity contribution is 0.330.